The number of nitrogens with zero attached hydrogens (tertiary/aromatic N) is 1. The van der Waals surface area contributed by atoms with Crippen LogP contribution in [-0.4, -0.2) is 23.9 Å². The monoisotopic (exact) mass is 364 g/mol. The summed E-state index contributed by atoms with van der Waals surface area (Å²) < 4.78 is 45.0. The molecule has 26 heavy (non-hydrogen) atoms. The maximum atomic E-state index is 13.6. The summed E-state index contributed by atoms with van der Waals surface area (Å²) >= 11 is 0. The molecular weight excluding hydrogens is 349 g/mol. The number of halogens is 3. The Morgan fingerprint density at radius 3 is 2.50 bits per heavy atom. The number of ether oxygens (including phenoxy) is 1. The van der Waals surface area contributed by atoms with Gasteiger partial charge in [-0.25, -0.2) is 22.8 Å². The van der Waals surface area contributed by atoms with Crippen molar-refractivity contribution in [3.63, 3.8) is 0 Å². The lowest BCUT2D eigenvalue weighted by atomic mass is 10.0. The van der Waals surface area contributed by atoms with Crippen molar-refractivity contribution in [1.29, 1.82) is 0 Å². The molecule has 136 valence electrons. The molecule has 0 fully saturated rings. The average molecular weight is 364 g/mol. The van der Waals surface area contributed by atoms with E-state index in [9.17, 15) is 22.8 Å². The third-order valence-electron chi connectivity index (χ3n) is 4.34. The normalized spacial score (nSPS) is 16.1. The van der Waals surface area contributed by atoms with Gasteiger partial charge in [0, 0.05) is 24.9 Å². The van der Waals surface area contributed by atoms with Gasteiger partial charge in [0.2, 0.25) is 0 Å². The van der Waals surface area contributed by atoms with E-state index in [1.807, 2.05) is 6.92 Å². The van der Waals surface area contributed by atoms with Crippen LogP contribution in [0.1, 0.15) is 34.5 Å². The van der Waals surface area contributed by atoms with Crippen LogP contribution < -0.4 is 5.32 Å². The van der Waals surface area contributed by atoms with Gasteiger partial charge in [-0.15, -0.1) is 0 Å². The summed E-state index contributed by atoms with van der Waals surface area (Å²) in [5.74, 6) is -4.15. The summed E-state index contributed by atoms with van der Waals surface area (Å²) in [6.45, 7) is 1.16. The SMILES string of the molecule is C[C@H]1c2ccc(C(=O)OCc3c(F)cc(F)cc3F)cc2NC(=O)N1C. The lowest BCUT2D eigenvalue weighted by Gasteiger charge is -2.32. The summed E-state index contributed by atoms with van der Waals surface area (Å²) in [5, 5.41) is 2.65. The molecular formula is C18H15F3N2O3. The first-order chi connectivity index (χ1) is 12.3. The Kier molecular flexibility index (Phi) is 4.58. The summed E-state index contributed by atoms with van der Waals surface area (Å²) in [6.07, 6.45) is 0. The number of rotatable bonds is 3. The molecule has 1 N–H and O–H groups in total. The molecule has 2 aromatic carbocycles. The van der Waals surface area contributed by atoms with Gasteiger partial charge < -0.3 is 15.0 Å². The number of carbonyl (C=O) groups excluding carboxylic acids is 2. The highest BCUT2D eigenvalue weighted by Crippen LogP contribution is 2.32. The van der Waals surface area contributed by atoms with Crippen LogP contribution in [-0.2, 0) is 11.3 Å². The number of anilines is 1. The predicted molar refractivity (Wildman–Crippen MR) is 87.1 cm³/mol. The van der Waals surface area contributed by atoms with Gasteiger partial charge in [-0.1, -0.05) is 6.07 Å². The first kappa shape index (κ1) is 17.8. The second-order valence-corrected chi connectivity index (χ2v) is 5.94. The first-order valence-corrected chi connectivity index (χ1v) is 7.76. The number of amides is 2. The fourth-order valence-corrected chi connectivity index (χ4v) is 2.67. The molecule has 0 bridgehead atoms. The van der Waals surface area contributed by atoms with Gasteiger partial charge in [0.05, 0.1) is 17.2 Å². The Balaban J connectivity index is 1.78. The quantitative estimate of drug-likeness (QED) is 0.838. The van der Waals surface area contributed by atoms with E-state index in [0.29, 0.717) is 17.8 Å². The van der Waals surface area contributed by atoms with E-state index < -0.39 is 35.6 Å². The molecule has 8 heteroatoms. The molecule has 2 aromatic rings. The van der Waals surface area contributed by atoms with Gasteiger partial charge in [-0.3, -0.25) is 0 Å². The second-order valence-electron chi connectivity index (χ2n) is 5.94. The molecule has 2 amide bonds. The van der Waals surface area contributed by atoms with E-state index in [0.717, 1.165) is 5.56 Å². The number of hydrogen-bond donors (Lipinski definition) is 1. The predicted octanol–water partition coefficient (Wildman–Crippen LogP) is 4.00. The van der Waals surface area contributed by atoms with Crippen molar-refractivity contribution in [2.45, 2.75) is 19.6 Å². The summed E-state index contributed by atoms with van der Waals surface area (Å²) in [5.41, 5.74) is 0.860. The van der Waals surface area contributed by atoms with Crippen molar-refractivity contribution in [3.8, 4) is 0 Å². The second kappa shape index (κ2) is 6.70. The van der Waals surface area contributed by atoms with Gasteiger partial charge >= 0.3 is 12.0 Å². The average Bonchev–Trinajstić information content (AvgIpc) is 2.58. The molecule has 1 aliphatic heterocycles. The highest BCUT2D eigenvalue weighted by Gasteiger charge is 2.27. The Bertz CT molecular complexity index is 878. The fraction of sp³-hybridized carbons (Fsp3) is 0.222. The van der Waals surface area contributed by atoms with E-state index in [-0.39, 0.29) is 17.6 Å². The van der Waals surface area contributed by atoms with Crippen LogP contribution in [0.4, 0.5) is 23.7 Å². The largest absolute Gasteiger partial charge is 0.457 e. The Labute approximate surface area is 147 Å². The van der Waals surface area contributed by atoms with E-state index in [1.54, 1.807) is 13.1 Å². The molecule has 0 aliphatic carbocycles. The summed E-state index contributed by atoms with van der Waals surface area (Å²) in [4.78, 5) is 25.5. The lowest BCUT2D eigenvalue weighted by Crippen LogP contribution is -2.38. The molecule has 0 saturated carbocycles. The zero-order chi connectivity index (χ0) is 19.0. The fourth-order valence-electron chi connectivity index (χ4n) is 2.67. The van der Waals surface area contributed by atoms with Crippen molar-refractivity contribution in [2.24, 2.45) is 0 Å². The number of esters is 1. The number of nitrogens with one attached hydrogen (secondary N) is 1. The third-order valence-corrected chi connectivity index (χ3v) is 4.34. The van der Waals surface area contributed by atoms with E-state index in [1.165, 1.54) is 17.0 Å². The van der Waals surface area contributed by atoms with Crippen LogP contribution in [0.25, 0.3) is 0 Å². The van der Waals surface area contributed by atoms with Crippen LogP contribution in [0, 0.1) is 17.5 Å². The van der Waals surface area contributed by atoms with Crippen molar-refractivity contribution >= 4 is 17.7 Å². The summed E-state index contributed by atoms with van der Waals surface area (Å²) in [7, 11) is 1.65. The Morgan fingerprint density at radius 2 is 1.85 bits per heavy atom. The lowest BCUT2D eigenvalue weighted by molar-refractivity contribution is 0.0464. The molecule has 1 heterocycles. The smallest absolute Gasteiger partial charge is 0.338 e. The van der Waals surface area contributed by atoms with Gasteiger partial charge in [-0.05, 0) is 24.6 Å². The number of benzene rings is 2. The molecule has 5 nitrogen and oxygen atoms in total. The number of fused-ring (bicyclic) bond motifs is 1. The van der Waals surface area contributed by atoms with Crippen LogP contribution in [0.3, 0.4) is 0 Å². The number of urea groups is 1. The molecule has 0 unspecified atom stereocenters. The summed E-state index contributed by atoms with van der Waals surface area (Å²) in [6, 6.07) is 5.15. The van der Waals surface area contributed by atoms with Gasteiger partial charge in [0.25, 0.3) is 0 Å². The maximum Gasteiger partial charge on any atom is 0.338 e. The molecule has 3 rings (SSSR count). The topological polar surface area (TPSA) is 58.6 Å². The molecule has 0 spiro atoms. The molecule has 0 radical (unpaired) electrons. The first-order valence-electron chi connectivity index (χ1n) is 7.76. The zero-order valence-electron chi connectivity index (χ0n) is 14.0. The Morgan fingerprint density at radius 1 is 1.19 bits per heavy atom. The van der Waals surface area contributed by atoms with Crippen molar-refractivity contribution in [2.75, 3.05) is 12.4 Å². The van der Waals surface area contributed by atoms with Crippen molar-refractivity contribution in [3.05, 3.63) is 64.5 Å². The van der Waals surface area contributed by atoms with Crippen LogP contribution in [0.2, 0.25) is 0 Å². The van der Waals surface area contributed by atoms with E-state index >= 15 is 0 Å². The molecule has 0 aromatic heterocycles. The molecule has 1 aliphatic rings. The Hall–Kier alpha value is -3.03. The van der Waals surface area contributed by atoms with Crippen LogP contribution in [0.15, 0.2) is 30.3 Å². The zero-order valence-corrected chi connectivity index (χ0v) is 14.0. The van der Waals surface area contributed by atoms with E-state index in [4.69, 9.17) is 4.74 Å². The molecule has 1 atom stereocenters. The van der Waals surface area contributed by atoms with Crippen molar-refractivity contribution in [1.82, 2.24) is 4.90 Å². The highest BCUT2D eigenvalue weighted by molar-refractivity contribution is 5.96. The van der Waals surface area contributed by atoms with Crippen molar-refractivity contribution < 1.29 is 27.5 Å². The third kappa shape index (κ3) is 3.22. The minimum atomic E-state index is -1.13. The van der Waals surface area contributed by atoms with Gasteiger partial charge in [0.1, 0.15) is 24.1 Å². The minimum Gasteiger partial charge on any atom is -0.457 e. The van der Waals surface area contributed by atoms with Gasteiger partial charge in [0.15, 0.2) is 0 Å². The number of carbonyl (C=O) groups is 2. The maximum absolute atomic E-state index is 13.6. The molecule has 0 saturated heterocycles. The standard InChI is InChI=1S/C18H15F3N2O3/c1-9-12-4-3-10(5-16(12)22-18(25)23(9)2)17(24)26-8-13-14(20)6-11(19)7-15(13)21/h3-7,9H,8H2,1-2H3,(H,22,25)/t9-/m0/s1. The van der Waals surface area contributed by atoms with Crippen LogP contribution >= 0.6 is 0 Å². The van der Waals surface area contributed by atoms with Gasteiger partial charge in [-0.2, -0.15) is 0 Å². The minimum absolute atomic E-state index is 0.115. The highest BCUT2D eigenvalue weighted by atomic mass is 19.1. The number of hydrogen-bond acceptors (Lipinski definition) is 3. The van der Waals surface area contributed by atoms with E-state index in [2.05, 4.69) is 5.32 Å². The van der Waals surface area contributed by atoms with Crippen LogP contribution in [0.5, 0.6) is 0 Å².